The molecule has 2 amide bonds. The van der Waals surface area contributed by atoms with E-state index >= 15 is 0 Å². The third kappa shape index (κ3) is 5.65. The molecule has 0 bridgehead atoms. The summed E-state index contributed by atoms with van der Waals surface area (Å²) < 4.78 is 9.65. The predicted octanol–water partition coefficient (Wildman–Crippen LogP) is 2.64. The molecule has 0 fully saturated rings. The van der Waals surface area contributed by atoms with E-state index in [1.807, 2.05) is 0 Å². The number of benzene rings is 2. The standard InChI is InChI=1S/C21H22N2O6/c1-4-29-20(26)15-9-11-16(12-10-15)22-19(25)13-23(14(2)24)18-8-6-5-7-17(18)21(27)28-3/h5-12H,4,13H2,1-3H3,(H,22,25). The van der Waals surface area contributed by atoms with Crippen LogP contribution in [-0.2, 0) is 19.1 Å². The second-order valence-corrected chi connectivity index (χ2v) is 5.96. The summed E-state index contributed by atoms with van der Waals surface area (Å²) in [4.78, 5) is 49.4. The van der Waals surface area contributed by atoms with E-state index in [1.54, 1.807) is 37.3 Å². The van der Waals surface area contributed by atoms with E-state index in [9.17, 15) is 19.2 Å². The van der Waals surface area contributed by atoms with Gasteiger partial charge in [0.2, 0.25) is 11.8 Å². The molecule has 0 radical (unpaired) electrons. The molecule has 29 heavy (non-hydrogen) atoms. The van der Waals surface area contributed by atoms with Crippen LogP contribution in [0.3, 0.4) is 0 Å². The highest BCUT2D eigenvalue weighted by Crippen LogP contribution is 2.22. The van der Waals surface area contributed by atoms with Crippen molar-refractivity contribution in [1.82, 2.24) is 0 Å². The van der Waals surface area contributed by atoms with Crippen LogP contribution in [0.4, 0.5) is 11.4 Å². The average molecular weight is 398 g/mol. The predicted molar refractivity (Wildman–Crippen MR) is 107 cm³/mol. The number of rotatable bonds is 7. The Morgan fingerprint density at radius 1 is 0.966 bits per heavy atom. The van der Waals surface area contributed by atoms with Crippen LogP contribution in [0.15, 0.2) is 48.5 Å². The van der Waals surface area contributed by atoms with Crippen molar-refractivity contribution in [3.63, 3.8) is 0 Å². The number of amides is 2. The van der Waals surface area contributed by atoms with Gasteiger partial charge < -0.3 is 19.7 Å². The Hall–Kier alpha value is -3.68. The first-order valence-electron chi connectivity index (χ1n) is 8.89. The summed E-state index contributed by atoms with van der Waals surface area (Å²) in [5.74, 6) is -1.94. The van der Waals surface area contributed by atoms with Gasteiger partial charge in [-0.05, 0) is 43.3 Å². The molecule has 0 saturated heterocycles. The molecule has 8 heteroatoms. The molecule has 0 unspecified atom stereocenters. The Morgan fingerprint density at radius 2 is 1.62 bits per heavy atom. The molecule has 0 aliphatic heterocycles. The lowest BCUT2D eigenvalue weighted by atomic mass is 10.1. The Kier molecular flexibility index (Phi) is 7.47. The molecule has 2 aromatic rings. The first kappa shape index (κ1) is 21.6. The van der Waals surface area contributed by atoms with E-state index in [-0.39, 0.29) is 24.4 Å². The molecule has 2 aromatic carbocycles. The van der Waals surface area contributed by atoms with E-state index in [0.717, 1.165) is 0 Å². The number of anilines is 2. The highest BCUT2D eigenvalue weighted by atomic mass is 16.5. The van der Waals surface area contributed by atoms with Gasteiger partial charge in [0.25, 0.3) is 0 Å². The second-order valence-electron chi connectivity index (χ2n) is 5.96. The maximum Gasteiger partial charge on any atom is 0.339 e. The van der Waals surface area contributed by atoms with Crippen molar-refractivity contribution in [3.05, 3.63) is 59.7 Å². The number of nitrogens with one attached hydrogen (secondary N) is 1. The monoisotopic (exact) mass is 398 g/mol. The van der Waals surface area contributed by atoms with Crippen molar-refractivity contribution in [2.75, 3.05) is 30.5 Å². The van der Waals surface area contributed by atoms with Crippen molar-refractivity contribution in [1.29, 1.82) is 0 Å². The lowest BCUT2D eigenvalue weighted by Crippen LogP contribution is -2.37. The molecule has 1 N–H and O–H groups in total. The number of hydrogen-bond acceptors (Lipinski definition) is 6. The Labute approximate surface area is 168 Å². The van der Waals surface area contributed by atoms with Crippen LogP contribution in [0.25, 0.3) is 0 Å². The van der Waals surface area contributed by atoms with Gasteiger partial charge in [-0.2, -0.15) is 0 Å². The number of carbonyl (C=O) groups excluding carboxylic acids is 4. The Bertz CT molecular complexity index is 908. The van der Waals surface area contributed by atoms with Gasteiger partial charge >= 0.3 is 11.9 Å². The zero-order valence-corrected chi connectivity index (χ0v) is 16.4. The van der Waals surface area contributed by atoms with E-state index in [1.165, 1.54) is 37.1 Å². The second kappa shape index (κ2) is 10.0. The molecule has 0 saturated carbocycles. The fraction of sp³-hybridized carbons (Fsp3) is 0.238. The molecular weight excluding hydrogens is 376 g/mol. The number of hydrogen-bond donors (Lipinski definition) is 1. The summed E-state index contributed by atoms with van der Waals surface area (Å²) in [6.07, 6.45) is 0. The maximum atomic E-state index is 12.5. The van der Waals surface area contributed by atoms with Crippen LogP contribution >= 0.6 is 0 Å². The van der Waals surface area contributed by atoms with Crippen molar-refractivity contribution < 1.29 is 28.7 Å². The lowest BCUT2D eigenvalue weighted by molar-refractivity contribution is -0.120. The smallest absolute Gasteiger partial charge is 0.339 e. The van der Waals surface area contributed by atoms with E-state index in [0.29, 0.717) is 11.3 Å². The molecule has 0 aromatic heterocycles. The zero-order chi connectivity index (χ0) is 21.4. The van der Waals surface area contributed by atoms with Crippen molar-refractivity contribution >= 4 is 35.1 Å². The van der Waals surface area contributed by atoms with Crippen LogP contribution < -0.4 is 10.2 Å². The highest BCUT2D eigenvalue weighted by molar-refractivity contribution is 6.06. The molecule has 8 nitrogen and oxygen atoms in total. The number of esters is 2. The fourth-order valence-corrected chi connectivity index (χ4v) is 2.61. The van der Waals surface area contributed by atoms with Gasteiger partial charge in [0, 0.05) is 12.6 Å². The molecule has 2 rings (SSSR count). The minimum absolute atomic E-state index is 0.178. The van der Waals surface area contributed by atoms with Gasteiger partial charge in [-0.3, -0.25) is 9.59 Å². The number of para-hydroxylation sites is 1. The summed E-state index contributed by atoms with van der Waals surface area (Å²) in [5, 5.41) is 2.66. The largest absolute Gasteiger partial charge is 0.465 e. The molecule has 0 aliphatic rings. The van der Waals surface area contributed by atoms with Crippen LogP contribution in [-0.4, -0.2) is 44.0 Å². The van der Waals surface area contributed by atoms with Gasteiger partial charge in [-0.25, -0.2) is 9.59 Å². The first-order chi connectivity index (χ1) is 13.9. The Balaban J connectivity index is 2.14. The maximum absolute atomic E-state index is 12.5. The molecule has 152 valence electrons. The molecule has 0 atom stereocenters. The van der Waals surface area contributed by atoms with Crippen LogP contribution in [0.1, 0.15) is 34.6 Å². The third-order valence-corrected chi connectivity index (χ3v) is 3.96. The van der Waals surface area contributed by atoms with Gasteiger partial charge in [0.05, 0.1) is 30.5 Å². The SMILES string of the molecule is CCOC(=O)c1ccc(NC(=O)CN(C(C)=O)c2ccccc2C(=O)OC)cc1. The van der Waals surface area contributed by atoms with E-state index in [2.05, 4.69) is 5.32 Å². The van der Waals surface area contributed by atoms with Crippen molar-refractivity contribution in [3.8, 4) is 0 Å². The van der Waals surface area contributed by atoms with Crippen molar-refractivity contribution in [2.24, 2.45) is 0 Å². The number of carbonyl (C=O) groups is 4. The topological polar surface area (TPSA) is 102 Å². The van der Waals surface area contributed by atoms with Gasteiger partial charge in [0.15, 0.2) is 0 Å². The summed E-state index contributed by atoms with van der Waals surface area (Å²) >= 11 is 0. The van der Waals surface area contributed by atoms with E-state index in [4.69, 9.17) is 9.47 Å². The fourth-order valence-electron chi connectivity index (χ4n) is 2.61. The summed E-state index contributed by atoms with van der Waals surface area (Å²) in [7, 11) is 1.24. The summed E-state index contributed by atoms with van der Waals surface area (Å²) in [6, 6.07) is 12.6. The lowest BCUT2D eigenvalue weighted by Gasteiger charge is -2.22. The third-order valence-electron chi connectivity index (χ3n) is 3.96. The summed E-state index contributed by atoms with van der Waals surface area (Å²) in [5.41, 5.74) is 1.27. The molecule has 0 heterocycles. The summed E-state index contributed by atoms with van der Waals surface area (Å²) in [6.45, 7) is 2.98. The number of nitrogens with zero attached hydrogens (tertiary/aromatic N) is 1. The normalized spacial score (nSPS) is 10.0. The minimum Gasteiger partial charge on any atom is -0.465 e. The van der Waals surface area contributed by atoms with Crippen molar-refractivity contribution in [2.45, 2.75) is 13.8 Å². The highest BCUT2D eigenvalue weighted by Gasteiger charge is 2.22. The number of methoxy groups -OCH3 is 1. The minimum atomic E-state index is -0.609. The molecule has 0 spiro atoms. The van der Waals surface area contributed by atoms with E-state index < -0.39 is 23.8 Å². The first-order valence-corrected chi connectivity index (χ1v) is 8.89. The van der Waals surface area contributed by atoms with Gasteiger partial charge in [0.1, 0.15) is 6.54 Å². The average Bonchev–Trinajstić information content (AvgIpc) is 2.72. The van der Waals surface area contributed by atoms with Crippen LogP contribution in [0.2, 0.25) is 0 Å². The molecule has 0 aliphatic carbocycles. The zero-order valence-electron chi connectivity index (χ0n) is 16.4. The van der Waals surface area contributed by atoms with Gasteiger partial charge in [-0.15, -0.1) is 0 Å². The Morgan fingerprint density at radius 3 is 2.21 bits per heavy atom. The van der Waals surface area contributed by atoms with Crippen LogP contribution in [0, 0.1) is 0 Å². The van der Waals surface area contributed by atoms with Gasteiger partial charge in [-0.1, -0.05) is 12.1 Å². The number of ether oxygens (including phenoxy) is 2. The molecular formula is C21H22N2O6. The van der Waals surface area contributed by atoms with Crippen LogP contribution in [0.5, 0.6) is 0 Å². The quantitative estimate of drug-likeness (QED) is 0.720.